The van der Waals surface area contributed by atoms with Crippen LogP contribution >= 0.6 is 0 Å². The Hall–Kier alpha value is -1.06. The van der Waals surface area contributed by atoms with Gasteiger partial charge in [0, 0.05) is 13.2 Å². The zero-order valence-electron chi connectivity index (χ0n) is 9.31. The van der Waals surface area contributed by atoms with Crippen molar-refractivity contribution in [2.24, 2.45) is 7.05 Å². The van der Waals surface area contributed by atoms with Crippen molar-refractivity contribution in [2.75, 3.05) is 13.2 Å². The number of halogens is 2. The lowest BCUT2D eigenvalue weighted by Gasteiger charge is -2.13. The number of hydrogen-bond acceptors (Lipinski definition) is 4. The van der Waals surface area contributed by atoms with E-state index < -0.39 is 29.1 Å². The lowest BCUT2D eigenvalue weighted by Crippen LogP contribution is -2.39. The van der Waals surface area contributed by atoms with Crippen molar-refractivity contribution in [3.05, 3.63) is 12.0 Å². The standard InChI is InChI=1S/C8H13F2N3O3S/c1-6-12-7(3-13(6)2)17(15,16)11-4-8(9,10)5-14/h3,11,14H,4-5H2,1-2H3. The first kappa shape index (κ1) is 14.0. The van der Waals surface area contributed by atoms with Gasteiger partial charge in [0.05, 0.1) is 6.54 Å². The molecule has 0 unspecified atom stereocenters. The topological polar surface area (TPSA) is 84.2 Å². The second-order valence-corrected chi connectivity index (χ2v) is 5.29. The van der Waals surface area contributed by atoms with E-state index in [0.717, 1.165) is 0 Å². The van der Waals surface area contributed by atoms with Crippen LogP contribution in [-0.4, -0.2) is 42.1 Å². The monoisotopic (exact) mass is 269 g/mol. The molecule has 17 heavy (non-hydrogen) atoms. The van der Waals surface area contributed by atoms with Gasteiger partial charge in [0.15, 0.2) is 5.03 Å². The summed E-state index contributed by atoms with van der Waals surface area (Å²) in [4.78, 5) is 3.71. The number of aryl methyl sites for hydroxylation is 2. The molecule has 0 radical (unpaired) electrons. The summed E-state index contributed by atoms with van der Waals surface area (Å²) in [7, 11) is -2.49. The van der Waals surface area contributed by atoms with Gasteiger partial charge in [0.25, 0.3) is 15.9 Å². The van der Waals surface area contributed by atoms with Crippen molar-refractivity contribution < 1.29 is 22.3 Å². The Morgan fingerprint density at radius 2 is 2.18 bits per heavy atom. The summed E-state index contributed by atoms with van der Waals surface area (Å²) in [6.07, 6.45) is 1.22. The van der Waals surface area contributed by atoms with Crippen molar-refractivity contribution >= 4 is 10.0 Å². The van der Waals surface area contributed by atoms with Crippen LogP contribution < -0.4 is 4.72 Å². The number of nitrogens with one attached hydrogen (secondary N) is 1. The van der Waals surface area contributed by atoms with Gasteiger partial charge in [-0.1, -0.05) is 0 Å². The first-order valence-electron chi connectivity index (χ1n) is 4.66. The second-order valence-electron chi connectivity index (χ2n) is 3.58. The molecule has 0 saturated carbocycles. The summed E-state index contributed by atoms with van der Waals surface area (Å²) in [5.74, 6) is -3.05. The summed E-state index contributed by atoms with van der Waals surface area (Å²) in [6, 6.07) is 0. The Bertz CT molecular complexity index is 479. The van der Waals surface area contributed by atoms with E-state index in [1.54, 1.807) is 18.7 Å². The zero-order valence-corrected chi connectivity index (χ0v) is 10.1. The van der Waals surface area contributed by atoms with Gasteiger partial charge < -0.3 is 9.67 Å². The third kappa shape index (κ3) is 3.45. The molecule has 0 spiro atoms. The predicted octanol–water partition coefficient (Wildman–Crippen LogP) is -0.366. The molecule has 1 heterocycles. The molecule has 98 valence electrons. The highest BCUT2D eigenvalue weighted by molar-refractivity contribution is 7.89. The van der Waals surface area contributed by atoms with Crippen molar-refractivity contribution in [2.45, 2.75) is 17.9 Å². The highest BCUT2D eigenvalue weighted by Gasteiger charge is 2.31. The van der Waals surface area contributed by atoms with E-state index in [1.165, 1.54) is 10.8 Å². The lowest BCUT2D eigenvalue weighted by molar-refractivity contribution is -0.0437. The minimum atomic E-state index is -4.08. The molecule has 0 bridgehead atoms. The second kappa shape index (κ2) is 4.67. The Labute approximate surface area is 97.3 Å². The molecule has 1 rings (SSSR count). The number of aliphatic hydroxyl groups excluding tert-OH is 1. The van der Waals surface area contributed by atoms with Crippen LogP contribution in [0.4, 0.5) is 8.78 Å². The highest BCUT2D eigenvalue weighted by Crippen LogP contribution is 2.13. The van der Waals surface area contributed by atoms with Gasteiger partial charge in [0.1, 0.15) is 12.4 Å². The van der Waals surface area contributed by atoms with Gasteiger partial charge in [-0.2, -0.15) is 0 Å². The summed E-state index contributed by atoms with van der Waals surface area (Å²) >= 11 is 0. The number of alkyl halides is 2. The maximum Gasteiger partial charge on any atom is 0.283 e. The van der Waals surface area contributed by atoms with Crippen LogP contribution in [0.15, 0.2) is 11.2 Å². The summed E-state index contributed by atoms with van der Waals surface area (Å²) in [6.45, 7) is -1.00. The first-order valence-corrected chi connectivity index (χ1v) is 6.14. The van der Waals surface area contributed by atoms with Gasteiger partial charge in [0.2, 0.25) is 0 Å². The van der Waals surface area contributed by atoms with E-state index in [1.807, 2.05) is 0 Å². The van der Waals surface area contributed by atoms with Gasteiger partial charge in [-0.3, -0.25) is 0 Å². The quantitative estimate of drug-likeness (QED) is 0.764. The molecule has 0 aromatic carbocycles. The smallest absolute Gasteiger partial charge is 0.283 e. The van der Waals surface area contributed by atoms with Crippen molar-refractivity contribution in [3.8, 4) is 0 Å². The summed E-state index contributed by atoms with van der Waals surface area (Å²) in [5, 5.41) is 7.98. The minimum absolute atomic E-state index is 0.328. The van der Waals surface area contributed by atoms with Gasteiger partial charge in [-0.05, 0) is 6.92 Å². The molecular formula is C8H13F2N3O3S. The molecule has 9 heteroatoms. The maximum atomic E-state index is 12.7. The van der Waals surface area contributed by atoms with E-state index in [4.69, 9.17) is 5.11 Å². The molecule has 2 N–H and O–H groups in total. The minimum Gasteiger partial charge on any atom is -0.390 e. The third-order valence-corrected chi connectivity index (χ3v) is 3.39. The van der Waals surface area contributed by atoms with Crippen LogP contribution in [0.1, 0.15) is 5.82 Å². The number of imidazole rings is 1. The molecule has 0 aliphatic carbocycles. The van der Waals surface area contributed by atoms with E-state index in [0.29, 0.717) is 5.82 Å². The first-order chi connectivity index (χ1) is 7.68. The average Bonchev–Trinajstić information content (AvgIpc) is 2.58. The number of aliphatic hydroxyl groups is 1. The largest absolute Gasteiger partial charge is 0.390 e. The van der Waals surface area contributed by atoms with E-state index in [2.05, 4.69) is 4.98 Å². The molecular weight excluding hydrogens is 256 g/mol. The van der Waals surface area contributed by atoms with Crippen molar-refractivity contribution in [3.63, 3.8) is 0 Å². The molecule has 1 aromatic rings. The fourth-order valence-corrected chi connectivity index (χ4v) is 2.08. The third-order valence-electron chi connectivity index (χ3n) is 2.11. The van der Waals surface area contributed by atoms with Crippen LogP contribution in [0.5, 0.6) is 0 Å². The fourth-order valence-electron chi connectivity index (χ4n) is 0.986. The highest BCUT2D eigenvalue weighted by atomic mass is 32.2. The number of rotatable bonds is 5. The maximum absolute atomic E-state index is 12.7. The number of aromatic nitrogens is 2. The van der Waals surface area contributed by atoms with Crippen LogP contribution in [0.2, 0.25) is 0 Å². The van der Waals surface area contributed by atoms with Crippen LogP contribution in [0.25, 0.3) is 0 Å². The van der Waals surface area contributed by atoms with Crippen LogP contribution in [0, 0.1) is 6.92 Å². The molecule has 6 nitrogen and oxygen atoms in total. The van der Waals surface area contributed by atoms with E-state index >= 15 is 0 Å². The van der Waals surface area contributed by atoms with E-state index in [-0.39, 0.29) is 5.03 Å². The number of sulfonamides is 1. The molecule has 0 atom stereocenters. The Morgan fingerprint density at radius 1 is 1.59 bits per heavy atom. The Kier molecular flexibility index (Phi) is 3.84. The molecule has 0 amide bonds. The summed E-state index contributed by atoms with van der Waals surface area (Å²) in [5.41, 5.74) is 0. The zero-order chi connectivity index (χ0) is 13.3. The van der Waals surface area contributed by atoms with Gasteiger partial charge in [-0.15, -0.1) is 0 Å². The fraction of sp³-hybridized carbons (Fsp3) is 0.625. The van der Waals surface area contributed by atoms with Gasteiger partial charge >= 0.3 is 0 Å². The lowest BCUT2D eigenvalue weighted by atomic mass is 10.4. The average molecular weight is 269 g/mol. The number of nitrogens with zero attached hydrogens (tertiary/aromatic N) is 2. The normalized spacial score (nSPS) is 13.0. The molecule has 0 fully saturated rings. The molecule has 1 aromatic heterocycles. The van der Waals surface area contributed by atoms with Crippen molar-refractivity contribution in [1.29, 1.82) is 0 Å². The molecule has 0 aliphatic heterocycles. The van der Waals surface area contributed by atoms with E-state index in [9.17, 15) is 17.2 Å². The molecule has 0 saturated heterocycles. The summed E-state index contributed by atoms with van der Waals surface area (Å²) < 4.78 is 51.6. The van der Waals surface area contributed by atoms with Gasteiger partial charge in [-0.25, -0.2) is 26.9 Å². The van der Waals surface area contributed by atoms with Crippen molar-refractivity contribution in [1.82, 2.24) is 14.3 Å². The van der Waals surface area contributed by atoms with Crippen LogP contribution in [0.3, 0.4) is 0 Å². The predicted molar refractivity (Wildman–Crippen MR) is 55.2 cm³/mol. The van der Waals surface area contributed by atoms with Crippen LogP contribution in [-0.2, 0) is 17.1 Å². The SMILES string of the molecule is Cc1nc(S(=O)(=O)NCC(F)(F)CO)cn1C. The molecule has 0 aliphatic rings. The Balaban J connectivity index is 2.83. The number of hydrogen-bond donors (Lipinski definition) is 2. The Morgan fingerprint density at radius 3 is 2.59 bits per heavy atom.